The molecule has 0 aliphatic carbocycles. The Balaban J connectivity index is 2.09. The summed E-state index contributed by atoms with van der Waals surface area (Å²) in [4.78, 5) is 4.63. The molecule has 1 rings (SSSR count). The fourth-order valence-corrected chi connectivity index (χ4v) is 1.57. The summed E-state index contributed by atoms with van der Waals surface area (Å²) in [7, 11) is 4.21. The Hall–Kier alpha value is -0.120. The standard InChI is InChI=1S/C9H21N3/c1-4-9(10)7-12(8-9)6-5-11(2)3/h4-8,10H2,1-3H3. The van der Waals surface area contributed by atoms with Gasteiger partial charge in [0.25, 0.3) is 0 Å². The van der Waals surface area contributed by atoms with Crippen LogP contribution in [0.1, 0.15) is 13.3 Å². The number of hydrogen-bond donors (Lipinski definition) is 1. The molecule has 0 spiro atoms. The van der Waals surface area contributed by atoms with Crippen molar-refractivity contribution < 1.29 is 0 Å². The van der Waals surface area contributed by atoms with E-state index in [1.807, 2.05) is 0 Å². The van der Waals surface area contributed by atoms with Gasteiger partial charge in [-0.2, -0.15) is 0 Å². The van der Waals surface area contributed by atoms with E-state index in [1.54, 1.807) is 0 Å². The molecule has 1 fully saturated rings. The lowest BCUT2D eigenvalue weighted by Gasteiger charge is -2.47. The van der Waals surface area contributed by atoms with E-state index < -0.39 is 0 Å². The normalized spacial score (nSPS) is 22.8. The molecule has 0 saturated carbocycles. The van der Waals surface area contributed by atoms with Gasteiger partial charge in [-0.3, -0.25) is 4.90 Å². The second kappa shape index (κ2) is 3.73. The summed E-state index contributed by atoms with van der Waals surface area (Å²) in [5.74, 6) is 0. The summed E-state index contributed by atoms with van der Waals surface area (Å²) in [5, 5.41) is 0. The van der Waals surface area contributed by atoms with Crippen LogP contribution in [0.15, 0.2) is 0 Å². The number of nitrogens with two attached hydrogens (primary N) is 1. The molecule has 0 amide bonds. The Morgan fingerprint density at radius 3 is 2.42 bits per heavy atom. The lowest BCUT2D eigenvalue weighted by molar-refractivity contribution is 0.0620. The maximum absolute atomic E-state index is 6.04. The van der Waals surface area contributed by atoms with E-state index in [4.69, 9.17) is 5.73 Å². The van der Waals surface area contributed by atoms with Crippen LogP contribution in [0.25, 0.3) is 0 Å². The van der Waals surface area contributed by atoms with E-state index in [2.05, 4.69) is 30.8 Å². The van der Waals surface area contributed by atoms with Gasteiger partial charge in [0.2, 0.25) is 0 Å². The molecule has 0 aromatic carbocycles. The molecule has 0 atom stereocenters. The molecule has 3 heteroatoms. The summed E-state index contributed by atoms with van der Waals surface area (Å²) >= 11 is 0. The van der Waals surface area contributed by atoms with Gasteiger partial charge in [-0.25, -0.2) is 0 Å². The molecule has 12 heavy (non-hydrogen) atoms. The molecular formula is C9H21N3. The van der Waals surface area contributed by atoms with Crippen LogP contribution in [-0.2, 0) is 0 Å². The lowest BCUT2D eigenvalue weighted by Crippen LogP contribution is -2.67. The molecule has 0 aromatic heterocycles. The highest BCUT2D eigenvalue weighted by Crippen LogP contribution is 2.20. The highest BCUT2D eigenvalue weighted by Gasteiger charge is 2.36. The number of nitrogens with zero attached hydrogens (tertiary/aromatic N) is 2. The summed E-state index contributed by atoms with van der Waals surface area (Å²) in [6, 6.07) is 0. The van der Waals surface area contributed by atoms with Crippen molar-refractivity contribution in [3.63, 3.8) is 0 Å². The smallest absolute Gasteiger partial charge is 0.0409 e. The SMILES string of the molecule is CCC1(N)CN(CCN(C)C)C1. The molecule has 2 N–H and O–H groups in total. The van der Waals surface area contributed by atoms with E-state index in [9.17, 15) is 0 Å². The van der Waals surface area contributed by atoms with Gasteiger partial charge in [0.15, 0.2) is 0 Å². The van der Waals surface area contributed by atoms with Crippen molar-refractivity contribution in [1.29, 1.82) is 0 Å². The van der Waals surface area contributed by atoms with Gasteiger partial charge in [0.1, 0.15) is 0 Å². The first kappa shape index (κ1) is 9.96. The molecule has 0 aromatic rings. The quantitative estimate of drug-likeness (QED) is 0.645. The summed E-state index contributed by atoms with van der Waals surface area (Å²) in [6.45, 7) is 6.63. The van der Waals surface area contributed by atoms with Crippen LogP contribution in [0.4, 0.5) is 0 Å². The summed E-state index contributed by atoms with van der Waals surface area (Å²) in [5.41, 5.74) is 6.17. The van der Waals surface area contributed by atoms with Crippen LogP contribution in [0.2, 0.25) is 0 Å². The molecular weight excluding hydrogens is 150 g/mol. The highest BCUT2D eigenvalue weighted by atomic mass is 15.3. The van der Waals surface area contributed by atoms with Crippen LogP contribution in [0.3, 0.4) is 0 Å². The van der Waals surface area contributed by atoms with Crippen molar-refractivity contribution in [2.75, 3.05) is 40.3 Å². The van der Waals surface area contributed by atoms with Gasteiger partial charge in [-0.15, -0.1) is 0 Å². The van der Waals surface area contributed by atoms with Crippen LogP contribution in [-0.4, -0.2) is 55.6 Å². The second-order valence-electron chi connectivity index (χ2n) is 4.23. The topological polar surface area (TPSA) is 32.5 Å². The number of likely N-dealkylation sites (N-methyl/N-ethyl adjacent to an activating group) is 1. The van der Waals surface area contributed by atoms with Gasteiger partial charge < -0.3 is 10.6 Å². The minimum absolute atomic E-state index is 0.131. The van der Waals surface area contributed by atoms with Gasteiger partial charge in [-0.05, 0) is 20.5 Å². The van der Waals surface area contributed by atoms with Crippen molar-refractivity contribution in [3.05, 3.63) is 0 Å². The van der Waals surface area contributed by atoms with E-state index >= 15 is 0 Å². The largest absolute Gasteiger partial charge is 0.323 e. The molecule has 0 unspecified atom stereocenters. The maximum Gasteiger partial charge on any atom is 0.0409 e. The minimum atomic E-state index is 0.131. The van der Waals surface area contributed by atoms with Crippen molar-refractivity contribution in [2.24, 2.45) is 5.73 Å². The third-order valence-corrected chi connectivity index (χ3v) is 2.64. The number of likely N-dealkylation sites (tertiary alicyclic amines) is 1. The Morgan fingerprint density at radius 2 is 2.00 bits per heavy atom. The number of hydrogen-bond acceptors (Lipinski definition) is 3. The fraction of sp³-hybridized carbons (Fsp3) is 1.00. The Morgan fingerprint density at radius 1 is 1.42 bits per heavy atom. The Labute approximate surface area is 75.5 Å². The first-order valence-electron chi connectivity index (χ1n) is 4.72. The van der Waals surface area contributed by atoms with Crippen LogP contribution >= 0.6 is 0 Å². The summed E-state index contributed by atoms with van der Waals surface area (Å²) < 4.78 is 0. The second-order valence-corrected chi connectivity index (χ2v) is 4.23. The Kier molecular flexibility index (Phi) is 3.09. The minimum Gasteiger partial charge on any atom is -0.323 e. The fourth-order valence-electron chi connectivity index (χ4n) is 1.57. The predicted octanol–water partition coefficient (Wildman–Crippen LogP) is -0.0289. The van der Waals surface area contributed by atoms with Crippen molar-refractivity contribution in [2.45, 2.75) is 18.9 Å². The zero-order valence-electron chi connectivity index (χ0n) is 8.51. The highest BCUT2D eigenvalue weighted by molar-refractivity contribution is 4.98. The predicted molar refractivity (Wildman–Crippen MR) is 52.2 cm³/mol. The van der Waals surface area contributed by atoms with Crippen molar-refractivity contribution in [3.8, 4) is 0 Å². The molecule has 3 nitrogen and oxygen atoms in total. The average Bonchev–Trinajstić information content (AvgIpc) is 1.95. The van der Waals surface area contributed by atoms with Crippen LogP contribution in [0, 0.1) is 0 Å². The molecule has 1 aliphatic rings. The molecule has 1 heterocycles. The zero-order valence-corrected chi connectivity index (χ0v) is 8.51. The molecule has 1 saturated heterocycles. The van der Waals surface area contributed by atoms with E-state index in [-0.39, 0.29) is 5.54 Å². The van der Waals surface area contributed by atoms with E-state index in [0.29, 0.717) is 0 Å². The summed E-state index contributed by atoms with van der Waals surface area (Å²) in [6.07, 6.45) is 1.10. The number of rotatable bonds is 4. The van der Waals surface area contributed by atoms with Crippen molar-refractivity contribution in [1.82, 2.24) is 9.80 Å². The van der Waals surface area contributed by atoms with Crippen LogP contribution in [0.5, 0.6) is 0 Å². The molecule has 0 bridgehead atoms. The van der Waals surface area contributed by atoms with Crippen molar-refractivity contribution >= 4 is 0 Å². The third kappa shape index (κ3) is 2.44. The van der Waals surface area contributed by atoms with Gasteiger partial charge in [-0.1, -0.05) is 6.92 Å². The molecule has 1 aliphatic heterocycles. The Bertz CT molecular complexity index is 139. The first-order chi connectivity index (χ1) is 5.56. The molecule has 0 radical (unpaired) electrons. The lowest BCUT2D eigenvalue weighted by atomic mass is 9.88. The zero-order chi connectivity index (χ0) is 9.19. The van der Waals surface area contributed by atoms with E-state index in [1.165, 1.54) is 0 Å². The van der Waals surface area contributed by atoms with E-state index in [0.717, 1.165) is 32.6 Å². The first-order valence-corrected chi connectivity index (χ1v) is 4.72. The van der Waals surface area contributed by atoms with Crippen LogP contribution < -0.4 is 5.73 Å². The van der Waals surface area contributed by atoms with Gasteiger partial charge in [0.05, 0.1) is 0 Å². The van der Waals surface area contributed by atoms with Gasteiger partial charge >= 0.3 is 0 Å². The maximum atomic E-state index is 6.04. The molecule has 72 valence electrons. The third-order valence-electron chi connectivity index (χ3n) is 2.64. The monoisotopic (exact) mass is 171 g/mol. The van der Waals surface area contributed by atoms with Gasteiger partial charge in [0, 0.05) is 31.7 Å². The average molecular weight is 171 g/mol.